The van der Waals surface area contributed by atoms with E-state index in [2.05, 4.69) is 10.5 Å². The minimum absolute atomic E-state index is 0.00887. The Morgan fingerprint density at radius 1 is 1.15 bits per heavy atom. The highest BCUT2D eigenvalue weighted by molar-refractivity contribution is 5.94. The highest BCUT2D eigenvalue weighted by atomic mass is 16.5. The average molecular weight is 371 g/mol. The van der Waals surface area contributed by atoms with Crippen molar-refractivity contribution in [2.45, 2.75) is 44.8 Å². The molecule has 2 aromatic rings. The van der Waals surface area contributed by atoms with Crippen LogP contribution in [0.15, 0.2) is 47.2 Å². The lowest BCUT2D eigenvalue weighted by Gasteiger charge is -2.33. The van der Waals surface area contributed by atoms with Gasteiger partial charge in [0.25, 0.3) is 0 Å². The van der Waals surface area contributed by atoms with E-state index in [-0.39, 0.29) is 31.0 Å². The molecule has 3 rings (SSSR count). The van der Waals surface area contributed by atoms with Crippen molar-refractivity contribution in [3.05, 3.63) is 48.2 Å². The molecule has 27 heavy (non-hydrogen) atoms. The van der Waals surface area contributed by atoms with E-state index in [1.165, 1.54) is 12.7 Å². The number of carbonyl (C=O) groups is 2. The Balaban J connectivity index is 1.56. The Morgan fingerprint density at radius 3 is 2.63 bits per heavy atom. The molecule has 2 amide bonds. The van der Waals surface area contributed by atoms with Crippen molar-refractivity contribution in [3.8, 4) is 0 Å². The molecular weight excluding hydrogens is 346 g/mol. The number of rotatable bonds is 8. The fourth-order valence-corrected chi connectivity index (χ4v) is 3.34. The highest BCUT2D eigenvalue weighted by Crippen LogP contribution is 2.23. The topological polar surface area (TPSA) is 84.7 Å². The van der Waals surface area contributed by atoms with Gasteiger partial charge in [-0.2, -0.15) is 0 Å². The number of anilines is 1. The van der Waals surface area contributed by atoms with Gasteiger partial charge in [0.15, 0.2) is 5.82 Å². The van der Waals surface area contributed by atoms with Crippen LogP contribution in [0.2, 0.25) is 0 Å². The van der Waals surface area contributed by atoms with Crippen LogP contribution >= 0.6 is 0 Å². The molecular formula is C20H25N3O4. The Bertz CT molecular complexity index is 712. The van der Waals surface area contributed by atoms with Crippen LogP contribution in [0, 0.1) is 0 Å². The summed E-state index contributed by atoms with van der Waals surface area (Å²) in [5, 5.41) is 6.32. The predicted octanol–water partition coefficient (Wildman–Crippen LogP) is 2.99. The second kappa shape index (κ2) is 9.87. The second-order valence-electron chi connectivity index (χ2n) is 6.72. The van der Waals surface area contributed by atoms with Gasteiger partial charge in [-0.3, -0.25) is 9.59 Å². The quantitative estimate of drug-likeness (QED) is 0.771. The number of amides is 2. The number of carbonyl (C=O) groups excluding carboxylic acids is 2. The number of hydrogen-bond acceptors (Lipinski definition) is 5. The van der Waals surface area contributed by atoms with Gasteiger partial charge in [-0.1, -0.05) is 54.8 Å². The summed E-state index contributed by atoms with van der Waals surface area (Å²) in [6, 6.07) is 11.4. The number of ether oxygens (including phenoxy) is 1. The van der Waals surface area contributed by atoms with E-state index in [9.17, 15) is 9.59 Å². The van der Waals surface area contributed by atoms with Crippen LogP contribution in [0.4, 0.5) is 5.82 Å². The molecule has 1 saturated carbocycles. The fraction of sp³-hybridized carbons (Fsp3) is 0.450. The van der Waals surface area contributed by atoms with Gasteiger partial charge in [0.05, 0.1) is 6.61 Å². The zero-order valence-electron chi connectivity index (χ0n) is 15.3. The Kier molecular flexibility index (Phi) is 6.98. The summed E-state index contributed by atoms with van der Waals surface area (Å²) < 4.78 is 10.3. The molecule has 1 aromatic carbocycles. The van der Waals surface area contributed by atoms with Crippen molar-refractivity contribution >= 4 is 17.6 Å². The number of aromatic nitrogens is 1. The van der Waals surface area contributed by atoms with Crippen molar-refractivity contribution in [1.82, 2.24) is 10.1 Å². The van der Waals surface area contributed by atoms with Gasteiger partial charge < -0.3 is 19.5 Å². The third kappa shape index (κ3) is 5.92. The SMILES string of the molecule is O=C(CN(C(=O)COCc1ccccc1)C1CCCCC1)Nc1ccon1. The zero-order chi connectivity index (χ0) is 18.9. The van der Waals surface area contributed by atoms with Crippen LogP contribution < -0.4 is 5.32 Å². The number of nitrogens with zero attached hydrogens (tertiary/aromatic N) is 2. The monoisotopic (exact) mass is 371 g/mol. The molecule has 0 spiro atoms. The van der Waals surface area contributed by atoms with Gasteiger partial charge in [-0.05, 0) is 18.4 Å². The van der Waals surface area contributed by atoms with Crippen LogP contribution in [-0.2, 0) is 20.9 Å². The third-order valence-corrected chi connectivity index (χ3v) is 4.69. The first-order valence-electron chi connectivity index (χ1n) is 9.34. The largest absolute Gasteiger partial charge is 0.367 e. The van der Waals surface area contributed by atoms with Crippen LogP contribution in [0.3, 0.4) is 0 Å². The van der Waals surface area contributed by atoms with E-state index in [4.69, 9.17) is 9.26 Å². The van der Waals surface area contributed by atoms with E-state index in [0.717, 1.165) is 31.2 Å². The van der Waals surface area contributed by atoms with E-state index < -0.39 is 0 Å². The maximum Gasteiger partial charge on any atom is 0.249 e. The summed E-state index contributed by atoms with van der Waals surface area (Å²) in [7, 11) is 0. The van der Waals surface area contributed by atoms with Crippen LogP contribution in [0.5, 0.6) is 0 Å². The van der Waals surface area contributed by atoms with E-state index in [1.54, 1.807) is 11.0 Å². The van der Waals surface area contributed by atoms with Gasteiger partial charge >= 0.3 is 0 Å². The number of nitrogens with one attached hydrogen (secondary N) is 1. The standard InChI is InChI=1S/C20H25N3O4/c24-19(21-18-11-12-27-22-18)13-23(17-9-5-2-6-10-17)20(25)15-26-14-16-7-3-1-4-8-16/h1,3-4,7-8,11-12,17H,2,5-6,9-10,13-15H2,(H,21,22,24). The Hall–Kier alpha value is -2.67. The Morgan fingerprint density at radius 2 is 1.93 bits per heavy atom. The molecule has 0 atom stereocenters. The van der Waals surface area contributed by atoms with Crippen molar-refractivity contribution in [2.75, 3.05) is 18.5 Å². The molecule has 0 aliphatic heterocycles. The lowest BCUT2D eigenvalue weighted by molar-refractivity contribution is -0.142. The molecule has 0 radical (unpaired) electrons. The molecule has 1 heterocycles. The molecule has 1 aliphatic rings. The van der Waals surface area contributed by atoms with Gasteiger partial charge in [0.1, 0.15) is 19.4 Å². The average Bonchev–Trinajstić information content (AvgIpc) is 3.20. The lowest BCUT2D eigenvalue weighted by atomic mass is 9.94. The van der Waals surface area contributed by atoms with Crippen LogP contribution in [-0.4, -0.2) is 41.1 Å². The van der Waals surface area contributed by atoms with Crippen molar-refractivity contribution in [2.24, 2.45) is 0 Å². The minimum Gasteiger partial charge on any atom is -0.367 e. The highest BCUT2D eigenvalue weighted by Gasteiger charge is 2.27. The first kappa shape index (κ1) is 19.1. The summed E-state index contributed by atoms with van der Waals surface area (Å²) >= 11 is 0. The summed E-state index contributed by atoms with van der Waals surface area (Å²) in [4.78, 5) is 26.7. The Labute approximate surface area is 158 Å². The van der Waals surface area contributed by atoms with Gasteiger partial charge in [0, 0.05) is 12.1 Å². The summed E-state index contributed by atoms with van der Waals surface area (Å²) in [5.74, 6) is -0.101. The van der Waals surface area contributed by atoms with E-state index in [1.807, 2.05) is 30.3 Å². The molecule has 1 fully saturated rings. The maximum absolute atomic E-state index is 12.8. The summed E-state index contributed by atoms with van der Waals surface area (Å²) in [6.07, 6.45) is 6.54. The van der Waals surface area contributed by atoms with E-state index in [0.29, 0.717) is 12.4 Å². The molecule has 0 saturated heterocycles. The molecule has 0 unspecified atom stereocenters. The predicted molar refractivity (Wildman–Crippen MR) is 99.8 cm³/mol. The van der Waals surface area contributed by atoms with Gasteiger partial charge in [0.2, 0.25) is 11.8 Å². The molecule has 7 heteroatoms. The normalized spacial score (nSPS) is 14.7. The second-order valence-corrected chi connectivity index (χ2v) is 6.72. The molecule has 1 N–H and O–H groups in total. The summed E-state index contributed by atoms with van der Waals surface area (Å²) in [6.45, 7) is 0.323. The molecule has 0 bridgehead atoms. The summed E-state index contributed by atoms with van der Waals surface area (Å²) in [5.41, 5.74) is 1.01. The van der Waals surface area contributed by atoms with Crippen molar-refractivity contribution < 1.29 is 18.8 Å². The van der Waals surface area contributed by atoms with Crippen LogP contribution in [0.1, 0.15) is 37.7 Å². The van der Waals surface area contributed by atoms with Crippen LogP contribution in [0.25, 0.3) is 0 Å². The lowest BCUT2D eigenvalue weighted by Crippen LogP contribution is -2.47. The van der Waals surface area contributed by atoms with Gasteiger partial charge in [-0.25, -0.2) is 0 Å². The molecule has 1 aliphatic carbocycles. The van der Waals surface area contributed by atoms with Gasteiger partial charge in [-0.15, -0.1) is 0 Å². The molecule has 7 nitrogen and oxygen atoms in total. The first-order chi connectivity index (χ1) is 13.2. The fourth-order valence-electron chi connectivity index (χ4n) is 3.34. The molecule has 1 aromatic heterocycles. The molecule has 144 valence electrons. The minimum atomic E-state index is -0.286. The first-order valence-corrected chi connectivity index (χ1v) is 9.34. The van der Waals surface area contributed by atoms with E-state index >= 15 is 0 Å². The maximum atomic E-state index is 12.8. The number of hydrogen-bond donors (Lipinski definition) is 1. The van der Waals surface area contributed by atoms with Crippen molar-refractivity contribution in [3.63, 3.8) is 0 Å². The number of benzene rings is 1. The van der Waals surface area contributed by atoms with Crippen molar-refractivity contribution in [1.29, 1.82) is 0 Å². The smallest absolute Gasteiger partial charge is 0.249 e. The zero-order valence-corrected chi connectivity index (χ0v) is 15.3. The third-order valence-electron chi connectivity index (χ3n) is 4.69.